The average molecular weight is 226 g/mol. The summed E-state index contributed by atoms with van der Waals surface area (Å²) in [5, 5.41) is 9.69. The van der Waals surface area contributed by atoms with Crippen LogP contribution in [0.15, 0.2) is 0 Å². The summed E-state index contributed by atoms with van der Waals surface area (Å²) in [5.74, 6) is 1.39. The van der Waals surface area contributed by atoms with Gasteiger partial charge in [0, 0.05) is 12.3 Å². The van der Waals surface area contributed by atoms with E-state index in [0.717, 1.165) is 38.0 Å². The van der Waals surface area contributed by atoms with Gasteiger partial charge in [-0.15, -0.1) is 0 Å². The molecule has 2 atom stereocenters. The lowest BCUT2D eigenvalue weighted by Gasteiger charge is -2.29. The van der Waals surface area contributed by atoms with E-state index in [0.29, 0.717) is 5.78 Å². The van der Waals surface area contributed by atoms with E-state index in [9.17, 15) is 9.90 Å². The third-order valence-electron chi connectivity index (χ3n) is 3.67. The molecule has 16 heavy (non-hydrogen) atoms. The van der Waals surface area contributed by atoms with Crippen molar-refractivity contribution in [1.82, 2.24) is 0 Å². The lowest BCUT2D eigenvalue weighted by Crippen LogP contribution is -2.28. The normalized spacial score (nSPS) is 27.1. The fraction of sp³-hybridized carbons (Fsp3) is 0.929. The average Bonchev–Trinajstić information content (AvgIpc) is 2.18. The fourth-order valence-corrected chi connectivity index (χ4v) is 2.68. The van der Waals surface area contributed by atoms with Crippen molar-refractivity contribution in [2.45, 2.75) is 71.3 Å². The molecule has 2 nitrogen and oxygen atoms in total. The van der Waals surface area contributed by atoms with Crippen LogP contribution in [-0.4, -0.2) is 16.5 Å². The molecule has 1 fully saturated rings. The van der Waals surface area contributed by atoms with E-state index < -0.39 is 5.60 Å². The predicted molar refractivity (Wildman–Crippen MR) is 66.3 cm³/mol. The van der Waals surface area contributed by atoms with Gasteiger partial charge in [-0.1, -0.05) is 19.8 Å². The highest BCUT2D eigenvalue weighted by molar-refractivity contribution is 5.81. The molecule has 1 aliphatic carbocycles. The maximum atomic E-state index is 11.8. The molecule has 0 radical (unpaired) electrons. The molecule has 0 aromatic carbocycles. The third kappa shape index (κ3) is 4.65. The third-order valence-corrected chi connectivity index (χ3v) is 3.67. The predicted octanol–water partition coefficient (Wildman–Crippen LogP) is 3.32. The molecule has 1 aliphatic rings. The molecule has 2 heteroatoms. The van der Waals surface area contributed by atoms with Crippen molar-refractivity contribution < 1.29 is 9.90 Å². The van der Waals surface area contributed by atoms with Crippen molar-refractivity contribution in [2.24, 2.45) is 11.8 Å². The van der Waals surface area contributed by atoms with E-state index in [1.54, 1.807) is 0 Å². The van der Waals surface area contributed by atoms with E-state index in [1.165, 1.54) is 12.8 Å². The summed E-state index contributed by atoms with van der Waals surface area (Å²) in [5.41, 5.74) is -0.627. The second-order valence-corrected chi connectivity index (χ2v) is 5.94. The smallest absolute Gasteiger partial charge is 0.135 e. The number of carbonyl (C=O) groups excluding carboxylic acids is 1. The van der Waals surface area contributed by atoms with Crippen molar-refractivity contribution in [3.8, 4) is 0 Å². The molecule has 1 N–H and O–H groups in total. The van der Waals surface area contributed by atoms with Gasteiger partial charge in [0.05, 0.1) is 5.60 Å². The number of carbonyl (C=O) groups is 1. The summed E-state index contributed by atoms with van der Waals surface area (Å²) in [4.78, 5) is 11.8. The van der Waals surface area contributed by atoms with E-state index >= 15 is 0 Å². The minimum Gasteiger partial charge on any atom is -0.390 e. The number of rotatable bonds is 5. The Hall–Kier alpha value is -0.370. The van der Waals surface area contributed by atoms with Crippen LogP contribution < -0.4 is 0 Å². The molecular weight excluding hydrogens is 200 g/mol. The van der Waals surface area contributed by atoms with Crippen LogP contribution in [0.4, 0.5) is 0 Å². The van der Waals surface area contributed by atoms with Gasteiger partial charge in [0.15, 0.2) is 0 Å². The van der Waals surface area contributed by atoms with Crippen molar-refractivity contribution >= 4 is 5.78 Å². The maximum Gasteiger partial charge on any atom is 0.135 e. The van der Waals surface area contributed by atoms with Crippen molar-refractivity contribution in [1.29, 1.82) is 0 Å². The molecule has 0 amide bonds. The summed E-state index contributed by atoms with van der Waals surface area (Å²) in [7, 11) is 0. The number of hydrogen-bond acceptors (Lipinski definition) is 2. The van der Waals surface area contributed by atoms with Gasteiger partial charge in [-0.25, -0.2) is 0 Å². The topological polar surface area (TPSA) is 37.3 Å². The molecule has 0 aromatic heterocycles. The monoisotopic (exact) mass is 226 g/mol. The van der Waals surface area contributed by atoms with Gasteiger partial charge in [0.2, 0.25) is 0 Å². The number of aliphatic hydroxyl groups is 1. The highest BCUT2D eigenvalue weighted by atomic mass is 16.3. The van der Waals surface area contributed by atoms with Crippen molar-refractivity contribution in [3.05, 3.63) is 0 Å². The Labute approximate surface area is 99.4 Å². The molecule has 94 valence electrons. The van der Waals surface area contributed by atoms with Crippen LogP contribution in [0.5, 0.6) is 0 Å². The molecule has 0 aliphatic heterocycles. The molecule has 0 spiro atoms. The van der Waals surface area contributed by atoms with Crippen LogP contribution >= 0.6 is 0 Å². The summed E-state index contributed by atoms with van der Waals surface area (Å²) < 4.78 is 0. The van der Waals surface area contributed by atoms with Gasteiger partial charge in [-0.05, 0) is 45.4 Å². The minimum absolute atomic E-state index is 0.219. The summed E-state index contributed by atoms with van der Waals surface area (Å²) >= 11 is 0. The van der Waals surface area contributed by atoms with Crippen LogP contribution in [0.25, 0.3) is 0 Å². The van der Waals surface area contributed by atoms with Crippen molar-refractivity contribution in [3.63, 3.8) is 0 Å². The molecule has 1 rings (SSSR count). The first-order valence-corrected chi connectivity index (χ1v) is 6.67. The van der Waals surface area contributed by atoms with E-state index in [4.69, 9.17) is 0 Å². The van der Waals surface area contributed by atoms with Gasteiger partial charge in [0.1, 0.15) is 5.78 Å². The zero-order valence-electron chi connectivity index (χ0n) is 11.0. The minimum atomic E-state index is -0.627. The Kier molecular flexibility index (Phi) is 4.97. The quantitative estimate of drug-likeness (QED) is 0.780. The SMILES string of the molecule is CCCC1CCC(=O)C(CCC(C)(C)O)C1. The second kappa shape index (κ2) is 5.81. The molecule has 2 unspecified atom stereocenters. The van der Waals surface area contributed by atoms with E-state index in [-0.39, 0.29) is 5.92 Å². The molecule has 0 heterocycles. The highest BCUT2D eigenvalue weighted by Gasteiger charge is 2.29. The zero-order valence-corrected chi connectivity index (χ0v) is 11.0. The van der Waals surface area contributed by atoms with Crippen LogP contribution in [0.1, 0.15) is 65.7 Å². The molecular formula is C14H26O2. The van der Waals surface area contributed by atoms with E-state index in [1.807, 2.05) is 13.8 Å². The lowest BCUT2D eigenvalue weighted by atomic mass is 9.76. The van der Waals surface area contributed by atoms with Crippen molar-refractivity contribution in [2.75, 3.05) is 0 Å². The molecule has 1 saturated carbocycles. The lowest BCUT2D eigenvalue weighted by molar-refractivity contribution is -0.126. The summed E-state index contributed by atoms with van der Waals surface area (Å²) in [6, 6.07) is 0. The maximum absolute atomic E-state index is 11.8. The standard InChI is InChI=1S/C14H26O2/c1-4-5-11-6-7-13(15)12(10-11)8-9-14(2,3)16/h11-12,16H,4-10H2,1-3H3. The van der Waals surface area contributed by atoms with Gasteiger partial charge >= 0.3 is 0 Å². The summed E-state index contributed by atoms with van der Waals surface area (Å²) in [6.45, 7) is 5.86. The Morgan fingerprint density at radius 3 is 2.62 bits per heavy atom. The first-order valence-electron chi connectivity index (χ1n) is 6.67. The Morgan fingerprint density at radius 2 is 2.06 bits per heavy atom. The Bertz CT molecular complexity index is 227. The van der Waals surface area contributed by atoms with Crippen LogP contribution in [0.3, 0.4) is 0 Å². The largest absolute Gasteiger partial charge is 0.390 e. The fourth-order valence-electron chi connectivity index (χ4n) is 2.68. The first kappa shape index (κ1) is 13.7. The van der Waals surface area contributed by atoms with Gasteiger partial charge in [0.25, 0.3) is 0 Å². The van der Waals surface area contributed by atoms with Gasteiger partial charge in [-0.2, -0.15) is 0 Å². The number of Topliss-reactive ketones (excluding diaryl/α,β-unsaturated/α-hetero) is 1. The first-order chi connectivity index (χ1) is 7.42. The summed E-state index contributed by atoms with van der Waals surface area (Å²) in [6.07, 6.45) is 6.99. The molecule has 0 aromatic rings. The highest BCUT2D eigenvalue weighted by Crippen LogP contribution is 2.33. The Balaban J connectivity index is 2.40. The zero-order chi connectivity index (χ0) is 12.2. The van der Waals surface area contributed by atoms with Crippen LogP contribution in [-0.2, 0) is 4.79 Å². The van der Waals surface area contributed by atoms with Gasteiger partial charge in [-0.3, -0.25) is 4.79 Å². The molecule has 0 saturated heterocycles. The van der Waals surface area contributed by atoms with Crippen LogP contribution in [0.2, 0.25) is 0 Å². The van der Waals surface area contributed by atoms with E-state index in [2.05, 4.69) is 6.92 Å². The van der Waals surface area contributed by atoms with Crippen LogP contribution in [0, 0.1) is 11.8 Å². The number of hydrogen-bond donors (Lipinski definition) is 1. The van der Waals surface area contributed by atoms with Gasteiger partial charge < -0.3 is 5.11 Å². The Morgan fingerprint density at radius 1 is 1.38 bits per heavy atom. The second-order valence-electron chi connectivity index (χ2n) is 5.94. The molecule has 0 bridgehead atoms. The number of ketones is 1.